The van der Waals surface area contributed by atoms with Crippen molar-refractivity contribution in [2.45, 2.75) is 31.8 Å². The van der Waals surface area contributed by atoms with E-state index in [1.165, 1.54) is 16.3 Å². The van der Waals surface area contributed by atoms with Gasteiger partial charge in [0.05, 0.1) is 5.54 Å². The van der Waals surface area contributed by atoms with E-state index in [1.807, 2.05) is 11.9 Å². The van der Waals surface area contributed by atoms with E-state index in [0.29, 0.717) is 6.54 Å². The number of rotatable bonds is 3. The van der Waals surface area contributed by atoms with E-state index in [2.05, 4.69) is 61.3 Å². The normalized spacial score (nSPS) is 22.1. The second kappa shape index (κ2) is 5.73. The Labute approximate surface area is 132 Å². The zero-order valence-corrected chi connectivity index (χ0v) is 13.7. The summed E-state index contributed by atoms with van der Waals surface area (Å²) in [7, 11) is 3.97. The number of benzene rings is 2. The summed E-state index contributed by atoms with van der Waals surface area (Å²) in [6.45, 7) is 3.73. The SMILES string of the molecule is CN(Cc1cccc2ccccc12)C(=O)C1(C)CCCN1C. The molecule has 0 N–H and O–H groups in total. The average Bonchev–Trinajstić information content (AvgIpc) is 2.87. The van der Waals surface area contributed by atoms with Crippen molar-refractivity contribution >= 4 is 16.7 Å². The Hall–Kier alpha value is -1.87. The van der Waals surface area contributed by atoms with Gasteiger partial charge in [0.25, 0.3) is 0 Å². The van der Waals surface area contributed by atoms with Crippen molar-refractivity contribution in [3.63, 3.8) is 0 Å². The Kier molecular flexibility index (Phi) is 3.92. The van der Waals surface area contributed by atoms with Gasteiger partial charge in [-0.2, -0.15) is 0 Å². The first kappa shape index (κ1) is 15.0. The molecule has 3 rings (SSSR count). The number of fused-ring (bicyclic) bond motifs is 1. The molecule has 3 heteroatoms. The third kappa shape index (κ3) is 2.50. The smallest absolute Gasteiger partial charge is 0.242 e. The van der Waals surface area contributed by atoms with Crippen molar-refractivity contribution in [1.29, 1.82) is 0 Å². The molecule has 1 unspecified atom stereocenters. The summed E-state index contributed by atoms with van der Waals surface area (Å²) in [4.78, 5) is 17.0. The van der Waals surface area contributed by atoms with Gasteiger partial charge in [-0.3, -0.25) is 9.69 Å². The molecule has 0 bridgehead atoms. The van der Waals surface area contributed by atoms with E-state index >= 15 is 0 Å². The summed E-state index contributed by atoms with van der Waals surface area (Å²) in [6, 6.07) is 14.7. The minimum Gasteiger partial charge on any atom is -0.340 e. The maximum Gasteiger partial charge on any atom is 0.242 e. The zero-order chi connectivity index (χ0) is 15.7. The van der Waals surface area contributed by atoms with Gasteiger partial charge < -0.3 is 4.90 Å². The topological polar surface area (TPSA) is 23.6 Å². The summed E-state index contributed by atoms with van der Waals surface area (Å²) in [5, 5.41) is 2.46. The lowest BCUT2D eigenvalue weighted by Crippen LogP contribution is -2.52. The van der Waals surface area contributed by atoms with Crippen LogP contribution in [0.25, 0.3) is 10.8 Å². The number of hydrogen-bond acceptors (Lipinski definition) is 2. The second-order valence-corrected chi connectivity index (χ2v) is 6.60. The van der Waals surface area contributed by atoms with Crippen LogP contribution in [0.2, 0.25) is 0 Å². The molecule has 1 aliphatic rings. The van der Waals surface area contributed by atoms with Crippen LogP contribution in [0, 0.1) is 0 Å². The molecule has 1 amide bonds. The number of hydrogen-bond donors (Lipinski definition) is 0. The van der Waals surface area contributed by atoms with Crippen LogP contribution in [-0.2, 0) is 11.3 Å². The quantitative estimate of drug-likeness (QED) is 0.868. The lowest BCUT2D eigenvalue weighted by Gasteiger charge is -2.34. The van der Waals surface area contributed by atoms with Crippen molar-refractivity contribution in [3.8, 4) is 0 Å². The average molecular weight is 296 g/mol. The van der Waals surface area contributed by atoms with Gasteiger partial charge in [-0.15, -0.1) is 0 Å². The fourth-order valence-corrected chi connectivity index (χ4v) is 3.54. The van der Waals surface area contributed by atoms with Crippen LogP contribution in [0.15, 0.2) is 42.5 Å². The van der Waals surface area contributed by atoms with Crippen molar-refractivity contribution in [2.75, 3.05) is 20.6 Å². The van der Waals surface area contributed by atoms with Gasteiger partial charge in [0.1, 0.15) is 0 Å². The molecule has 2 aromatic rings. The molecule has 22 heavy (non-hydrogen) atoms. The van der Waals surface area contributed by atoms with Crippen LogP contribution < -0.4 is 0 Å². The fraction of sp³-hybridized carbons (Fsp3) is 0.421. The van der Waals surface area contributed by atoms with Crippen LogP contribution >= 0.6 is 0 Å². The van der Waals surface area contributed by atoms with Crippen molar-refractivity contribution in [1.82, 2.24) is 9.80 Å². The first-order valence-electron chi connectivity index (χ1n) is 7.96. The van der Waals surface area contributed by atoms with Crippen molar-refractivity contribution in [2.24, 2.45) is 0 Å². The van der Waals surface area contributed by atoms with E-state index in [-0.39, 0.29) is 11.4 Å². The molecular weight excluding hydrogens is 272 g/mol. The van der Waals surface area contributed by atoms with Gasteiger partial charge in [0.2, 0.25) is 5.91 Å². The lowest BCUT2D eigenvalue weighted by atomic mass is 9.96. The molecule has 2 aromatic carbocycles. The van der Waals surface area contributed by atoms with Crippen LogP contribution in [0.1, 0.15) is 25.3 Å². The zero-order valence-electron chi connectivity index (χ0n) is 13.7. The van der Waals surface area contributed by atoms with Gasteiger partial charge in [0.15, 0.2) is 0 Å². The molecule has 1 fully saturated rings. The molecule has 1 heterocycles. The molecule has 116 valence electrons. The molecule has 0 saturated carbocycles. The Morgan fingerprint density at radius 3 is 2.68 bits per heavy atom. The third-order valence-electron chi connectivity index (χ3n) is 5.09. The molecule has 3 nitrogen and oxygen atoms in total. The molecule has 1 atom stereocenters. The molecule has 0 aromatic heterocycles. The molecular formula is C19H24N2O. The van der Waals surface area contributed by atoms with Crippen molar-refractivity contribution in [3.05, 3.63) is 48.0 Å². The number of likely N-dealkylation sites (N-methyl/N-ethyl adjacent to an activating group) is 2. The summed E-state index contributed by atoms with van der Waals surface area (Å²) >= 11 is 0. The molecule has 0 radical (unpaired) electrons. The Bertz CT molecular complexity index is 691. The first-order valence-corrected chi connectivity index (χ1v) is 7.96. The number of carbonyl (C=O) groups is 1. The fourth-order valence-electron chi connectivity index (χ4n) is 3.54. The standard InChI is InChI=1S/C19H24N2O/c1-19(12-7-13-21(19)3)18(22)20(2)14-16-10-6-9-15-8-4-5-11-17(15)16/h4-6,8-11H,7,12-14H2,1-3H3. The molecule has 1 saturated heterocycles. The molecule has 1 aliphatic heterocycles. The number of carbonyl (C=O) groups excluding carboxylic acids is 1. The Morgan fingerprint density at radius 2 is 1.95 bits per heavy atom. The largest absolute Gasteiger partial charge is 0.340 e. The summed E-state index contributed by atoms with van der Waals surface area (Å²) < 4.78 is 0. The highest BCUT2D eigenvalue weighted by Crippen LogP contribution is 2.30. The predicted octanol–water partition coefficient (Wildman–Crippen LogP) is 3.28. The maximum atomic E-state index is 12.9. The summed E-state index contributed by atoms with van der Waals surface area (Å²) in [5.41, 5.74) is 0.859. The highest BCUT2D eigenvalue weighted by Gasteiger charge is 2.42. The number of amides is 1. The van der Waals surface area contributed by atoms with Gasteiger partial charge in [-0.1, -0.05) is 42.5 Å². The highest BCUT2D eigenvalue weighted by atomic mass is 16.2. The van der Waals surface area contributed by atoms with Gasteiger partial charge in [-0.05, 0) is 49.7 Å². The monoisotopic (exact) mass is 296 g/mol. The summed E-state index contributed by atoms with van der Waals surface area (Å²) in [6.07, 6.45) is 2.04. The van der Waals surface area contributed by atoms with E-state index in [0.717, 1.165) is 19.4 Å². The van der Waals surface area contributed by atoms with Crippen LogP contribution in [0.3, 0.4) is 0 Å². The Morgan fingerprint density at radius 1 is 1.23 bits per heavy atom. The van der Waals surface area contributed by atoms with Gasteiger partial charge in [-0.25, -0.2) is 0 Å². The van der Waals surface area contributed by atoms with Crippen LogP contribution in [0.5, 0.6) is 0 Å². The minimum absolute atomic E-state index is 0.223. The first-order chi connectivity index (χ1) is 10.5. The van der Waals surface area contributed by atoms with Crippen LogP contribution in [-0.4, -0.2) is 41.9 Å². The second-order valence-electron chi connectivity index (χ2n) is 6.60. The summed E-state index contributed by atoms with van der Waals surface area (Å²) in [5.74, 6) is 0.223. The minimum atomic E-state index is -0.348. The number of likely N-dealkylation sites (tertiary alicyclic amines) is 1. The van der Waals surface area contributed by atoms with Gasteiger partial charge >= 0.3 is 0 Å². The van der Waals surface area contributed by atoms with E-state index in [4.69, 9.17) is 0 Å². The number of nitrogens with zero attached hydrogens (tertiary/aromatic N) is 2. The lowest BCUT2D eigenvalue weighted by molar-refractivity contribution is -0.140. The highest BCUT2D eigenvalue weighted by molar-refractivity contribution is 5.88. The van der Waals surface area contributed by atoms with Gasteiger partial charge in [0, 0.05) is 13.6 Å². The van der Waals surface area contributed by atoms with Crippen LogP contribution in [0.4, 0.5) is 0 Å². The van der Waals surface area contributed by atoms with E-state index in [1.54, 1.807) is 0 Å². The van der Waals surface area contributed by atoms with E-state index in [9.17, 15) is 4.79 Å². The third-order valence-corrected chi connectivity index (χ3v) is 5.09. The van der Waals surface area contributed by atoms with Crippen molar-refractivity contribution < 1.29 is 4.79 Å². The Balaban J connectivity index is 1.84. The molecule has 0 aliphatic carbocycles. The predicted molar refractivity (Wildman–Crippen MR) is 90.7 cm³/mol. The maximum absolute atomic E-state index is 12.9. The molecule has 0 spiro atoms. The van der Waals surface area contributed by atoms with E-state index < -0.39 is 0 Å².